The molecule has 0 aliphatic carbocycles. The molecule has 0 aliphatic rings. The predicted molar refractivity (Wildman–Crippen MR) is 80.5 cm³/mol. The summed E-state index contributed by atoms with van der Waals surface area (Å²) in [7, 11) is 0. The van der Waals surface area contributed by atoms with Crippen LogP contribution < -0.4 is 10.1 Å². The van der Waals surface area contributed by atoms with Gasteiger partial charge in [-0.2, -0.15) is 0 Å². The number of rotatable bonds is 8. The maximum absolute atomic E-state index is 11.6. The van der Waals surface area contributed by atoms with Crippen molar-refractivity contribution >= 4 is 11.9 Å². The van der Waals surface area contributed by atoms with Gasteiger partial charge in [-0.25, -0.2) is 0 Å². The van der Waals surface area contributed by atoms with E-state index in [-0.39, 0.29) is 18.4 Å². The summed E-state index contributed by atoms with van der Waals surface area (Å²) in [6.07, 6.45) is 1.19. The van der Waals surface area contributed by atoms with Gasteiger partial charge < -0.3 is 15.2 Å². The van der Waals surface area contributed by atoms with E-state index >= 15 is 0 Å². The summed E-state index contributed by atoms with van der Waals surface area (Å²) in [6.45, 7) is 6.10. The molecule has 0 saturated heterocycles. The van der Waals surface area contributed by atoms with Gasteiger partial charge in [-0.3, -0.25) is 9.59 Å². The van der Waals surface area contributed by atoms with Crippen LogP contribution in [0.1, 0.15) is 30.9 Å². The number of ether oxygens (including phenoxy) is 1. The predicted octanol–water partition coefficient (Wildman–Crippen LogP) is 2.30. The second-order valence-corrected chi connectivity index (χ2v) is 5.27. The van der Waals surface area contributed by atoms with Crippen LogP contribution in [0.5, 0.6) is 5.75 Å². The van der Waals surface area contributed by atoms with Crippen molar-refractivity contribution in [2.45, 2.75) is 33.6 Å². The average molecular weight is 293 g/mol. The highest BCUT2D eigenvalue weighted by molar-refractivity contribution is 5.77. The molecule has 1 rings (SSSR count). The molecule has 1 unspecified atom stereocenters. The van der Waals surface area contributed by atoms with Crippen LogP contribution in [0.2, 0.25) is 0 Å². The average Bonchev–Trinajstić information content (AvgIpc) is 2.44. The molecule has 1 atom stereocenters. The van der Waals surface area contributed by atoms with Crippen molar-refractivity contribution in [3.8, 4) is 5.75 Å². The van der Waals surface area contributed by atoms with Gasteiger partial charge in [-0.1, -0.05) is 13.0 Å². The summed E-state index contributed by atoms with van der Waals surface area (Å²) in [6, 6.07) is 5.69. The summed E-state index contributed by atoms with van der Waals surface area (Å²) in [5, 5.41) is 11.5. The Hall–Kier alpha value is -2.04. The van der Waals surface area contributed by atoms with Gasteiger partial charge in [0.15, 0.2) is 6.61 Å². The Bertz CT molecular complexity index is 499. The fourth-order valence-corrected chi connectivity index (χ4v) is 1.76. The molecule has 1 aromatic carbocycles. The highest BCUT2D eigenvalue weighted by Crippen LogP contribution is 2.16. The molecule has 0 bridgehead atoms. The molecule has 2 N–H and O–H groups in total. The third-order valence-electron chi connectivity index (χ3n) is 3.41. The van der Waals surface area contributed by atoms with Gasteiger partial charge in [-0.05, 0) is 49.9 Å². The third kappa shape index (κ3) is 6.29. The van der Waals surface area contributed by atoms with E-state index in [2.05, 4.69) is 5.32 Å². The van der Waals surface area contributed by atoms with E-state index in [1.165, 1.54) is 5.56 Å². The zero-order chi connectivity index (χ0) is 15.8. The normalized spacial score (nSPS) is 11.8. The SMILES string of the molecule is Cc1ccc(OCC(=O)NCCCC(C)C(=O)O)cc1C. The topological polar surface area (TPSA) is 75.6 Å². The highest BCUT2D eigenvalue weighted by Gasteiger charge is 2.10. The Morgan fingerprint density at radius 3 is 2.62 bits per heavy atom. The maximum atomic E-state index is 11.6. The maximum Gasteiger partial charge on any atom is 0.306 e. The lowest BCUT2D eigenvalue weighted by Gasteiger charge is -2.09. The molecule has 116 valence electrons. The van der Waals surface area contributed by atoms with Crippen LogP contribution in [0.25, 0.3) is 0 Å². The van der Waals surface area contributed by atoms with Gasteiger partial charge in [0, 0.05) is 6.54 Å². The van der Waals surface area contributed by atoms with Crippen molar-refractivity contribution in [1.82, 2.24) is 5.32 Å². The molecule has 0 heterocycles. The van der Waals surface area contributed by atoms with Gasteiger partial charge in [-0.15, -0.1) is 0 Å². The zero-order valence-corrected chi connectivity index (χ0v) is 12.8. The molecule has 0 spiro atoms. The molecule has 0 saturated carbocycles. The first-order valence-electron chi connectivity index (χ1n) is 7.09. The molecule has 1 amide bonds. The minimum Gasteiger partial charge on any atom is -0.484 e. The van der Waals surface area contributed by atoms with Crippen LogP contribution in [0.3, 0.4) is 0 Å². The van der Waals surface area contributed by atoms with Gasteiger partial charge in [0.1, 0.15) is 5.75 Å². The van der Waals surface area contributed by atoms with Crippen LogP contribution in [0.4, 0.5) is 0 Å². The number of benzene rings is 1. The number of aliphatic carboxylic acids is 1. The summed E-state index contributed by atoms with van der Waals surface area (Å²) in [5.74, 6) is -0.711. The van der Waals surface area contributed by atoms with Crippen molar-refractivity contribution in [2.75, 3.05) is 13.2 Å². The monoisotopic (exact) mass is 293 g/mol. The van der Waals surface area contributed by atoms with Gasteiger partial charge in [0.05, 0.1) is 5.92 Å². The Labute approximate surface area is 125 Å². The molecule has 1 aromatic rings. The summed E-state index contributed by atoms with van der Waals surface area (Å²) < 4.78 is 5.41. The summed E-state index contributed by atoms with van der Waals surface area (Å²) >= 11 is 0. The zero-order valence-electron chi connectivity index (χ0n) is 12.8. The standard InChI is InChI=1S/C16H23NO4/c1-11-6-7-14(9-13(11)3)21-10-15(18)17-8-4-5-12(2)16(19)20/h6-7,9,12H,4-5,8,10H2,1-3H3,(H,17,18)(H,19,20). The summed E-state index contributed by atoms with van der Waals surface area (Å²) in [4.78, 5) is 22.2. The number of carbonyl (C=O) groups excluding carboxylic acids is 1. The number of hydrogen-bond donors (Lipinski definition) is 2. The Kier molecular flexibility index (Phi) is 6.72. The first-order valence-corrected chi connectivity index (χ1v) is 7.09. The lowest BCUT2D eigenvalue weighted by atomic mass is 10.1. The van der Waals surface area contributed by atoms with E-state index in [9.17, 15) is 9.59 Å². The molecular weight excluding hydrogens is 270 g/mol. The number of carboxylic acids is 1. The van der Waals surface area contributed by atoms with E-state index in [0.717, 1.165) is 5.56 Å². The van der Waals surface area contributed by atoms with Crippen molar-refractivity contribution < 1.29 is 19.4 Å². The van der Waals surface area contributed by atoms with Gasteiger partial charge in [0.2, 0.25) is 0 Å². The van der Waals surface area contributed by atoms with Crippen molar-refractivity contribution in [3.63, 3.8) is 0 Å². The van der Waals surface area contributed by atoms with Crippen LogP contribution in [0, 0.1) is 19.8 Å². The first-order chi connectivity index (χ1) is 9.90. The minimum atomic E-state index is -0.806. The first kappa shape index (κ1) is 17.0. The molecule has 5 nitrogen and oxygen atoms in total. The molecule has 0 aliphatic heterocycles. The smallest absolute Gasteiger partial charge is 0.306 e. The number of carboxylic acid groups (broad SMARTS) is 1. The molecular formula is C16H23NO4. The highest BCUT2D eigenvalue weighted by atomic mass is 16.5. The fraction of sp³-hybridized carbons (Fsp3) is 0.500. The van der Waals surface area contributed by atoms with Crippen LogP contribution in [0.15, 0.2) is 18.2 Å². The summed E-state index contributed by atoms with van der Waals surface area (Å²) in [5.41, 5.74) is 2.30. The Balaban J connectivity index is 2.22. The van der Waals surface area contributed by atoms with Crippen molar-refractivity contribution in [2.24, 2.45) is 5.92 Å². The second-order valence-electron chi connectivity index (χ2n) is 5.27. The largest absolute Gasteiger partial charge is 0.484 e. The van der Waals surface area contributed by atoms with E-state index in [1.807, 2.05) is 32.0 Å². The second kappa shape index (κ2) is 8.29. The Morgan fingerprint density at radius 1 is 1.29 bits per heavy atom. The number of carbonyl (C=O) groups is 2. The van der Waals surface area contributed by atoms with Crippen LogP contribution >= 0.6 is 0 Å². The minimum absolute atomic E-state index is 0.0308. The molecule has 21 heavy (non-hydrogen) atoms. The molecule has 0 aromatic heterocycles. The number of amides is 1. The van der Waals surface area contributed by atoms with Crippen molar-refractivity contribution in [1.29, 1.82) is 0 Å². The number of nitrogens with one attached hydrogen (secondary N) is 1. The number of aryl methyl sites for hydroxylation is 2. The molecule has 0 radical (unpaired) electrons. The van der Waals surface area contributed by atoms with E-state index in [0.29, 0.717) is 25.1 Å². The lowest BCUT2D eigenvalue weighted by molar-refractivity contribution is -0.141. The quantitative estimate of drug-likeness (QED) is 0.721. The van der Waals surface area contributed by atoms with Crippen LogP contribution in [-0.4, -0.2) is 30.1 Å². The number of hydrogen-bond acceptors (Lipinski definition) is 3. The van der Waals surface area contributed by atoms with E-state index in [1.54, 1.807) is 6.92 Å². The van der Waals surface area contributed by atoms with Crippen molar-refractivity contribution in [3.05, 3.63) is 29.3 Å². The fourth-order valence-electron chi connectivity index (χ4n) is 1.76. The van der Waals surface area contributed by atoms with E-state index in [4.69, 9.17) is 9.84 Å². The Morgan fingerprint density at radius 2 is 2.00 bits per heavy atom. The van der Waals surface area contributed by atoms with Gasteiger partial charge >= 0.3 is 5.97 Å². The van der Waals surface area contributed by atoms with E-state index < -0.39 is 5.97 Å². The molecule has 5 heteroatoms. The third-order valence-corrected chi connectivity index (χ3v) is 3.41. The van der Waals surface area contributed by atoms with Gasteiger partial charge in [0.25, 0.3) is 5.91 Å². The van der Waals surface area contributed by atoms with Crippen LogP contribution in [-0.2, 0) is 9.59 Å². The lowest BCUT2D eigenvalue weighted by Crippen LogP contribution is -2.30. The molecule has 0 fully saturated rings.